The van der Waals surface area contributed by atoms with Gasteiger partial charge in [0.1, 0.15) is 0 Å². The lowest BCUT2D eigenvalue weighted by atomic mass is 10.7. The van der Waals surface area contributed by atoms with Gasteiger partial charge >= 0.3 is 11.9 Å². The van der Waals surface area contributed by atoms with E-state index in [1.807, 2.05) is 0 Å². The molecule has 0 amide bonds. The van der Waals surface area contributed by atoms with Gasteiger partial charge < -0.3 is 21.7 Å². The lowest BCUT2D eigenvalue weighted by molar-refractivity contribution is -0.159. The second kappa shape index (κ2) is 6.86. The molecule has 54 valence electrons. The Kier molecular flexibility index (Phi) is 8.21. The van der Waals surface area contributed by atoms with Crippen molar-refractivity contribution in [2.75, 3.05) is 6.67 Å². The summed E-state index contributed by atoms with van der Waals surface area (Å²) in [4.78, 5) is 18.2. The van der Waals surface area contributed by atoms with Crippen molar-refractivity contribution in [3.63, 3.8) is 0 Å². The van der Waals surface area contributed by atoms with Crippen molar-refractivity contribution in [3.8, 4) is 0 Å². The van der Waals surface area contributed by atoms with Crippen LogP contribution in [-0.2, 0) is 9.59 Å². The number of hydrogen-bond donors (Lipinski definition) is 4. The second-order valence-corrected chi connectivity index (χ2v) is 0.846. The number of carbonyl (C=O) groups is 2. The maximum absolute atomic E-state index is 9.10. The van der Waals surface area contributed by atoms with E-state index in [0.717, 1.165) is 0 Å². The Morgan fingerprint density at radius 2 is 1.22 bits per heavy atom. The maximum atomic E-state index is 9.10. The van der Waals surface area contributed by atoms with E-state index < -0.39 is 11.9 Å². The van der Waals surface area contributed by atoms with Crippen molar-refractivity contribution in [3.05, 3.63) is 0 Å². The lowest BCUT2D eigenvalue weighted by Crippen LogP contribution is -2.09. The number of hydrogen-bond acceptors (Lipinski definition) is 4. The Hall–Kier alpha value is -1.14. The highest BCUT2D eigenvalue weighted by Gasteiger charge is 2.04. The average Bonchev–Trinajstić information content (AvgIpc) is 1.68. The summed E-state index contributed by atoms with van der Waals surface area (Å²) in [6.45, 7) is 0.250. The largest absolute Gasteiger partial charge is 0.473 e. The van der Waals surface area contributed by atoms with Gasteiger partial charge in [0.25, 0.3) is 0 Å². The van der Waals surface area contributed by atoms with Crippen LogP contribution in [0.15, 0.2) is 0 Å². The summed E-state index contributed by atoms with van der Waals surface area (Å²) >= 11 is 0. The summed E-state index contributed by atoms with van der Waals surface area (Å²) < 4.78 is 0. The van der Waals surface area contributed by atoms with Crippen LogP contribution in [0.5, 0.6) is 0 Å². The zero-order chi connectivity index (χ0) is 7.86. The van der Waals surface area contributed by atoms with Crippen LogP contribution in [0.25, 0.3) is 0 Å². The highest BCUT2D eigenvalue weighted by Crippen LogP contribution is 1.56. The zero-order valence-corrected chi connectivity index (χ0v) is 4.57. The minimum atomic E-state index is -1.82. The van der Waals surface area contributed by atoms with Gasteiger partial charge in [0.2, 0.25) is 0 Å². The van der Waals surface area contributed by atoms with Gasteiger partial charge in [-0.3, -0.25) is 0 Å². The van der Waals surface area contributed by atoms with Crippen molar-refractivity contribution in [2.45, 2.75) is 0 Å². The summed E-state index contributed by atoms with van der Waals surface area (Å²) in [6, 6.07) is 0. The molecular formula is C3H8N2O4. The van der Waals surface area contributed by atoms with Crippen LogP contribution in [0.2, 0.25) is 0 Å². The normalized spacial score (nSPS) is 6.89. The molecule has 0 aliphatic carbocycles. The highest BCUT2D eigenvalue weighted by atomic mass is 16.4. The molecule has 0 heterocycles. The first kappa shape index (κ1) is 10.8. The van der Waals surface area contributed by atoms with Crippen LogP contribution < -0.4 is 11.5 Å². The molecule has 6 nitrogen and oxygen atoms in total. The smallest absolute Gasteiger partial charge is 0.414 e. The van der Waals surface area contributed by atoms with Gasteiger partial charge in [-0.05, 0) is 0 Å². The molecule has 0 aromatic rings. The Bertz CT molecular complexity index is 90.0. The van der Waals surface area contributed by atoms with Gasteiger partial charge in [-0.1, -0.05) is 0 Å². The van der Waals surface area contributed by atoms with Gasteiger partial charge in [0.05, 0.1) is 0 Å². The summed E-state index contributed by atoms with van der Waals surface area (Å²) in [7, 11) is 0. The number of carboxylic acid groups (broad SMARTS) is 2. The summed E-state index contributed by atoms with van der Waals surface area (Å²) in [6.07, 6.45) is 0. The number of rotatable bonds is 0. The Labute approximate surface area is 51.1 Å². The fourth-order valence-corrected chi connectivity index (χ4v) is 0. The van der Waals surface area contributed by atoms with Crippen LogP contribution in [-0.4, -0.2) is 28.8 Å². The van der Waals surface area contributed by atoms with E-state index in [-0.39, 0.29) is 6.67 Å². The quantitative estimate of drug-likeness (QED) is 0.225. The van der Waals surface area contributed by atoms with E-state index >= 15 is 0 Å². The Morgan fingerprint density at radius 3 is 1.22 bits per heavy atom. The van der Waals surface area contributed by atoms with E-state index in [0.29, 0.717) is 0 Å². The molecule has 6 heteroatoms. The monoisotopic (exact) mass is 136 g/mol. The van der Waals surface area contributed by atoms with Crippen LogP contribution in [0, 0.1) is 0 Å². The Morgan fingerprint density at radius 1 is 1.11 bits per heavy atom. The third-order valence-corrected chi connectivity index (χ3v) is 0.183. The van der Waals surface area contributed by atoms with Gasteiger partial charge in [0.15, 0.2) is 0 Å². The van der Waals surface area contributed by atoms with Crippen LogP contribution in [0.4, 0.5) is 0 Å². The van der Waals surface area contributed by atoms with Crippen molar-refractivity contribution in [2.24, 2.45) is 11.5 Å². The molecule has 0 rings (SSSR count). The van der Waals surface area contributed by atoms with Crippen LogP contribution in [0.1, 0.15) is 0 Å². The van der Waals surface area contributed by atoms with Gasteiger partial charge in [-0.15, -0.1) is 0 Å². The van der Waals surface area contributed by atoms with E-state index in [2.05, 4.69) is 11.5 Å². The summed E-state index contributed by atoms with van der Waals surface area (Å²) in [5.41, 5.74) is 9.25. The van der Waals surface area contributed by atoms with E-state index in [1.54, 1.807) is 0 Å². The number of carboxylic acids is 2. The second-order valence-electron chi connectivity index (χ2n) is 0.846. The molecule has 0 atom stereocenters. The molecule has 0 aromatic heterocycles. The average molecular weight is 136 g/mol. The third kappa shape index (κ3) is 19.8. The molecule has 0 fully saturated rings. The van der Waals surface area contributed by atoms with Gasteiger partial charge in [-0.2, -0.15) is 0 Å². The van der Waals surface area contributed by atoms with Crippen molar-refractivity contribution in [1.29, 1.82) is 0 Å². The molecule has 0 unspecified atom stereocenters. The van der Waals surface area contributed by atoms with Gasteiger partial charge in [0, 0.05) is 6.67 Å². The molecule has 0 bridgehead atoms. The zero-order valence-electron chi connectivity index (χ0n) is 4.57. The van der Waals surface area contributed by atoms with Crippen molar-refractivity contribution >= 4 is 11.9 Å². The summed E-state index contributed by atoms with van der Waals surface area (Å²) in [5, 5.41) is 14.8. The molecule has 0 radical (unpaired) electrons. The topological polar surface area (TPSA) is 127 Å². The van der Waals surface area contributed by atoms with Crippen molar-refractivity contribution in [1.82, 2.24) is 0 Å². The first-order valence-corrected chi connectivity index (χ1v) is 1.92. The van der Waals surface area contributed by atoms with Gasteiger partial charge in [-0.25, -0.2) is 9.59 Å². The fraction of sp³-hybridized carbons (Fsp3) is 0.333. The number of nitrogens with two attached hydrogens (primary N) is 2. The lowest BCUT2D eigenvalue weighted by Gasteiger charge is -1.72. The minimum Gasteiger partial charge on any atom is -0.473 e. The molecule has 0 spiro atoms. The minimum absolute atomic E-state index is 0.250. The molecule has 0 aliphatic rings. The maximum Gasteiger partial charge on any atom is 0.414 e. The molecule has 0 aromatic carbocycles. The first-order valence-electron chi connectivity index (χ1n) is 1.92. The molecule has 0 aliphatic heterocycles. The molecule has 9 heavy (non-hydrogen) atoms. The SMILES string of the molecule is NCN.O=C(O)C(=O)O. The molecule has 6 N–H and O–H groups in total. The third-order valence-electron chi connectivity index (χ3n) is 0.183. The van der Waals surface area contributed by atoms with E-state index in [1.165, 1.54) is 0 Å². The number of aliphatic carboxylic acids is 2. The van der Waals surface area contributed by atoms with Crippen LogP contribution in [0.3, 0.4) is 0 Å². The highest BCUT2D eigenvalue weighted by molar-refractivity contribution is 6.27. The standard InChI is InChI=1S/C2H2O4.CH6N2/c3-1(4)2(5)6;2-1-3/h(H,3,4)(H,5,6);1-3H2. The summed E-state index contributed by atoms with van der Waals surface area (Å²) in [5.74, 6) is -3.65. The first-order chi connectivity index (χ1) is 4.06. The van der Waals surface area contributed by atoms with E-state index in [9.17, 15) is 0 Å². The van der Waals surface area contributed by atoms with E-state index in [4.69, 9.17) is 19.8 Å². The molecule has 0 saturated carbocycles. The van der Waals surface area contributed by atoms with Crippen LogP contribution >= 0.6 is 0 Å². The predicted octanol–water partition coefficient (Wildman–Crippen LogP) is -1.98. The fourth-order valence-electron chi connectivity index (χ4n) is 0. The predicted molar refractivity (Wildman–Crippen MR) is 28.5 cm³/mol. The van der Waals surface area contributed by atoms with Crippen molar-refractivity contribution < 1.29 is 19.8 Å². The Balaban J connectivity index is 0. The molecular weight excluding hydrogens is 128 g/mol. The molecule has 0 saturated heterocycles.